The molecule has 184 valence electrons. The number of likely N-dealkylation sites (tertiary alicyclic amines) is 1. The monoisotopic (exact) mass is 483 g/mol. The molecule has 0 unspecified atom stereocenters. The average molecular weight is 484 g/mol. The molecule has 8 nitrogen and oxygen atoms in total. The van der Waals surface area contributed by atoms with Crippen LogP contribution < -0.4 is 5.32 Å². The maximum absolute atomic E-state index is 13.2. The first-order chi connectivity index (χ1) is 17.0. The third-order valence-electron chi connectivity index (χ3n) is 5.96. The molecule has 0 atom stereocenters. The molecule has 1 fully saturated rings. The van der Waals surface area contributed by atoms with Crippen LogP contribution in [0.2, 0.25) is 0 Å². The summed E-state index contributed by atoms with van der Waals surface area (Å²) >= 11 is 0. The van der Waals surface area contributed by atoms with Gasteiger partial charge in [0, 0.05) is 35.7 Å². The highest BCUT2D eigenvalue weighted by molar-refractivity contribution is 6.05. The van der Waals surface area contributed by atoms with Gasteiger partial charge < -0.3 is 15.0 Å². The Morgan fingerprint density at radius 3 is 2.44 bits per heavy atom. The zero-order valence-corrected chi connectivity index (χ0v) is 21.1. The van der Waals surface area contributed by atoms with Gasteiger partial charge in [0.05, 0.1) is 29.3 Å². The number of benzene rings is 2. The lowest BCUT2D eigenvalue weighted by molar-refractivity contribution is -0.123. The van der Waals surface area contributed by atoms with Crippen molar-refractivity contribution in [3.63, 3.8) is 0 Å². The number of hydrogen-bond acceptors (Lipinski definition) is 5. The molecule has 1 aromatic heterocycles. The van der Waals surface area contributed by atoms with Gasteiger partial charge in [-0.05, 0) is 46.8 Å². The Morgan fingerprint density at radius 1 is 1.08 bits per heavy atom. The van der Waals surface area contributed by atoms with E-state index in [0.29, 0.717) is 29.9 Å². The number of amides is 2. The van der Waals surface area contributed by atoms with Crippen LogP contribution in [0.15, 0.2) is 48.8 Å². The summed E-state index contributed by atoms with van der Waals surface area (Å²) in [6.45, 7) is 10.1. The number of carbonyl (C=O) groups is 2. The predicted molar refractivity (Wildman–Crippen MR) is 137 cm³/mol. The summed E-state index contributed by atoms with van der Waals surface area (Å²) in [6.07, 6.45) is 3.05. The lowest BCUT2D eigenvalue weighted by Crippen LogP contribution is -2.51. The van der Waals surface area contributed by atoms with Crippen molar-refractivity contribution in [2.24, 2.45) is 5.92 Å². The van der Waals surface area contributed by atoms with Crippen molar-refractivity contribution in [3.05, 3.63) is 59.9 Å². The Bertz CT molecular complexity index is 1420. The molecule has 0 bridgehead atoms. The second-order valence-corrected chi connectivity index (χ2v) is 10.4. The number of aromatic nitrogens is 2. The molecule has 2 aromatic carbocycles. The number of carbonyl (C=O) groups excluding carboxylic acids is 2. The van der Waals surface area contributed by atoms with Crippen LogP contribution in [0.3, 0.4) is 0 Å². The van der Waals surface area contributed by atoms with E-state index in [4.69, 9.17) is 4.74 Å². The Kier molecular flexibility index (Phi) is 6.47. The van der Waals surface area contributed by atoms with Crippen LogP contribution in [-0.4, -0.2) is 45.4 Å². The van der Waals surface area contributed by atoms with Crippen LogP contribution in [0.4, 0.5) is 10.5 Å². The minimum atomic E-state index is -0.987. The topological polar surface area (TPSA) is 100 Å². The molecule has 0 radical (unpaired) electrons. The van der Waals surface area contributed by atoms with Crippen molar-refractivity contribution < 1.29 is 14.3 Å². The van der Waals surface area contributed by atoms with E-state index in [1.807, 2.05) is 45.0 Å². The fraction of sp³-hybridized carbons (Fsp3) is 0.357. The van der Waals surface area contributed by atoms with Crippen LogP contribution in [0.25, 0.3) is 10.8 Å². The summed E-state index contributed by atoms with van der Waals surface area (Å²) in [4.78, 5) is 26.9. The predicted octanol–water partition coefficient (Wildman–Crippen LogP) is 4.50. The van der Waals surface area contributed by atoms with Crippen molar-refractivity contribution in [1.82, 2.24) is 14.7 Å². The van der Waals surface area contributed by atoms with Gasteiger partial charge in [-0.25, -0.2) is 4.79 Å². The molecule has 0 saturated carbocycles. The molecule has 0 spiro atoms. The van der Waals surface area contributed by atoms with E-state index in [-0.39, 0.29) is 17.9 Å². The molecule has 1 N–H and O–H groups in total. The van der Waals surface area contributed by atoms with Crippen LogP contribution in [0.1, 0.15) is 45.7 Å². The van der Waals surface area contributed by atoms with Crippen molar-refractivity contribution in [3.8, 4) is 17.9 Å². The molecule has 1 saturated heterocycles. The molecule has 2 heterocycles. The maximum atomic E-state index is 13.2. The quantitative estimate of drug-likeness (QED) is 0.553. The summed E-state index contributed by atoms with van der Waals surface area (Å²) in [6, 6.07) is 13.1. The smallest absolute Gasteiger partial charge is 0.410 e. The van der Waals surface area contributed by atoms with Gasteiger partial charge in [-0.2, -0.15) is 10.4 Å². The van der Waals surface area contributed by atoms with Gasteiger partial charge in [-0.3, -0.25) is 9.48 Å². The van der Waals surface area contributed by atoms with E-state index in [1.54, 1.807) is 48.0 Å². The Morgan fingerprint density at radius 2 is 1.78 bits per heavy atom. The fourth-order valence-corrected chi connectivity index (χ4v) is 3.81. The highest BCUT2D eigenvalue weighted by Crippen LogP contribution is 2.28. The molecule has 8 heteroatoms. The fourth-order valence-electron chi connectivity index (χ4n) is 3.81. The van der Waals surface area contributed by atoms with E-state index in [1.165, 1.54) is 0 Å². The first-order valence-electron chi connectivity index (χ1n) is 11.8. The Hall–Kier alpha value is -4.30. The zero-order chi connectivity index (χ0) is 26.1. The first-order valence-corrected chi connectivity index (χ1v) is 11.8. The number of anilines is 1. The van der Waals surface area contributed by atoms with Crippen LogP contribution in [0.5, 0.6) is 0 Å². The summed E-state index contributed by atoms with van der Waals surface area (Å²) < 4.78 is 6.96. The minimum Gasteiger partial charge on any atom is -0.444 e. The van der Waals surface area contributed by atoms with Crippen LogP contribution in [-0.2, 0) is 15.1 Å². The number of nitriles is 1. The molecule has 3 aromatic rings. The summed E-state index contributed by atoms with van der Waals surface area (Å²) in [7, 11) is 0. The lowest BCUT2D eigenvalue weighted by atomic mass is 10.0. The van der Waals surface area contributed by atoms with E-state index in [0.717, 1.165) is 10.8 Å². The number of hydrogen-bond donors (Lipinski definition) is 1. The average Bonchev–Trinajstić information content (AvgIpc) is 3.27. The van der Waals surface area contributed by atoms with Gasteiger partial charge in [0.15, 0.2) is 0 Å². The third kappa shape index (κ3) is 5.18. The van der Waals surface area contributed by atoms with E-state index >= 15 is 0 Å². The molecule has 1 aliphatic heterocycles. The molecule has 0 aliphatic carbocycles. The van der Waals surface area contributed by atoms with Gasteiger partial charge in [0.1, 0.15) is 11.1 Å². The first kappa shape index (κ1) is 24.8. The van der Waals surface area contributed by atoms with Crippen LogP contribution in [0, 0.1) is 29.1 Å². The van der Waals surface area contributed by atoms with E-state index in [2.05, 4.69) is 28.3 Å². The summed E-state index contributed by atoms with van der Waals surface area (Å²) in [5.41, 5.74) is 0.372. The number of rotatable bonds is 3. The number of nitrogens with zero attached hydrogens (tertiary/aromatic N) is 4. The zero-order valence-electron chi connectivity index (χ0n) is 21.1. The Labute approximate surface area is 210 Å². The SMILES string of the molecule is CC(C)(C)OC(=O)N1CC(C#Cc2cnn(C(C)(C)C(=O)Nc3ccc(C#N)c4ccccc34)c2)C1. The minimum absolute atomic E-state index is 0.0711. The van der Waals surface area contributed by atoms with Crippen molar-refractivity contribution in [1.29, 1.82) is 5.26 Å². The standard InChI is InChI=1S/C28H29N5O3/c1-27(2,3)36-26(35)32-16-20(17-32)11-10-19-15-30-33(18-19)28(4,5)25(34)31-24-13-12-21(14-29)22-8-6-7-9-23(22)24/h6-9,12-13,15,18,20H,16-17H2,1-5H3,(H,31,34). The summed E-state index contributed by atoms with van der Waals surface area (Å²) in [5.74, 6) is 6.09. The largest absolute Gasteiger partial charge is 0.444 e. The second kappa shape index (κ2) is 9.39. The van der Waals surface area contributed by atoms with Crippen molar-refractivity contribution >= 4 is 28.5 Å². The van der Waals surface area contributed by atoms with E-state index < -0.39 is 11.1 Å². The van der Waals surface area contributed by atoms with E-state index in [9.17, 15) is 14.9 Å². The Balaban J connectivity index is 1.42. The molecule has 1 aliphatic rings. The highest BCUT2D eigenvalue weighted by atomic mass is 16.6. The maximum Gasteiger partial charge on any atom is 0.410 e. The molecular formula is C28H29N5O3. The van der Waals surface area contributed by atoms with Gasteiger partial charge in [-0.1, -0.05) is 36.1 Å². The lowest BCUT2D eigenvalue weighted by Gasteiger charge is -2.37. The van der Waals surface area contributed by atoms with Crippen LogP contribution >= 0.6 is 0 Å². The number of ether oxygens (including phenoxy) is 1. The molecule has 4 rings (SSSR count). The van der Waals surface area contributed by atoms with Crippen molar-refractivity contribution in [2.75, 3.05) is 18.4 Å². The normalized spacial score (nSPS) is 13.8. The molecule has 36 heavy (non-hydrogen) atoms. The number of fused-ring (bicyclic) bond motifs is 1. The third-order valence-corrected chi connectivity index (χ3v) is 5.96. The van der Waals surface area contributed by atoms with Gasteiger partial charge in [0.25, 0.3) is 5.91 Å². The van der Waals surface area contributed by atoms with Gasteiger partial charge >= 0.3 is 6.09 Å². The number of nitrogens with one attached hydrogen (secondary N) is 1. The summed E-state index contributed by atoms with van der Waals surface area (Å²) in [5, 5.41) is 18.3. The highest BCUT2D eigenvalue weighted by Gasteiger charge is 2.33. The van der Waals surface area contributed by atoms with Gasteiger partial charge in [-0.15, -0.1) is 0 Å². The molecular weight excluding hydrogens is 454 g/mol. The van der Waals surface area contributed by atoms with Gasteiger partial charge in [0.2, 0.25) is 0 Å². The molecule has 2 amide bonds. The second-order valence-electron chi connectivity index (χ2n) is 10.4. The van der Waals surface area contributed by atoms with Crippen molar-refractivity contribution in [2.45, 2.75) is 45.8 Å².